The molecule has 9 heteroatoms. The van der Waals surface area contributed by atoms with Crippen molar-refractivity contribution in [2.45, 2.75) is 6.04 Å². The summed E-state index contributed by atoms with van der Waals surface area (Å²) in [6.07, 6.45) is 4.45. The number of carbonyl (C=O) groups is 1. The van der Waals surface area contributed by atoms with Crippen LogP contribution in [0.1, 0.15) is 10.6 Å². The SMILES string of the molecule is CN(C)C[C@@H]1CN(S(C)(=O)=O)C[C@H]1NC(=O)c1nccn1C. The van der Waals surface area contributed by atoms with Crippen LogP contribution in [0.15, 0.2) is 12.4 Å². The van der Waals surface area contributed by atoms with Gasteiger partial charge in [0.05, 0.1) is 6.26 Å². The van der Waals surface area contributed by atoms with Crippen LogP contribution in [0.2, 0.25) is 0 Å². The first-order valence-corrected chi connectivity index (χ1v) is 8.91. The standard InChI is InChI=1S/C13H23N5O3S/c1-16(2)7-10-8-18(22(4,20)21)9-11(10)15-13(19)12-14-5-6-17(12)3/h5-6,10-11H,7-9H2,1-4H3,(H,15,19)/t10-,11-/m1/s1. The third-order valence-corrected chi connectivity index (χ3v) is 5.05. The Hall–Kier alpha value is -1.45. The molecule has 0 radical (unpaired) electrons. The van der Waals surface area contributed by atoms with Gasteiger partial charge in [-0.3, -0.25) is 4.79 Å². The van der Waals surface area contributed by atoms with Crippen LogP contribution < -0.4 is 5.32 Å². The highest BCUT2D eigenvalue weighted by Gasteiger charge is 2.38. The molecule has 0 aromatic carbocycles. The number of aryl methyl sites for hydroxylation is 1. The molecule has 1 aliphatic rings. The maximum atomic E-state index is 12.3. The minimum Gasteiger partial charge on any atom is -0.345 e. The van der Waals surface area contributed by atoms with E-state index in [0.29, 0.717) is 25.5 Å². The Balaban J connectivity index is 2.12. The van der Waals surface area contributed by atoms with Crippen molar-refractivity contribution in [3.63, 3.8) is 0 Å². The van der Waals surface area contributed by atoms with E-state index in [1.165, 1.54) is 10.6 Å². The first kappa shape index (κ1) is 16.9. The van der Waals surface area contributed by atoms with E-state index in [2.05, 4.69) is 10.3 Å². The number of hydrogen-bond donors (Lipinski definition) is 1. The van der Waals surface area contributed by atoms with Gasteiger partial charge in [-0.05, 0) is 14.1 Å². The minimum atomic E-state index is -3.26. The molecule has 1 fully saturated rings. The van der Waals surface area contributed by atoms with Gasteiger partial charge in [0.2, 0.25) is 10.0 Å². The summed E-state index contributed by atoms with van der Waals surface area (Å²) >= 11 is 0. The lowest BCUT2D eigenvalue weighted by molar-refractivity contribution is 0.0913. The molecule has 0 unspecified atom stereocenters. The molecule has 2 atom stereocenters. The second kappa shape index (κ2) is 6.35. The molecule has 0 bridgehead atoms. The fraction of sp³-hybridized carbons (Fsp3) is 0.692. The van der Waals surface area contributed by atoms with E-state index in [0.717, 1.165) is 0 Å². The molecular formula is C13H23N5O3S. The number of rotatable bonds is 5. The molecule has 0 spiro atoms. The Morgan fingerprint density at radius 2 is 2.14 bits per heavy atom. The zero-order chi connectivity index (χ0) is 16.5. The van der Waals surface area contributed by atoms with Gasteiger partial charge in [-0.25, -0.2) is 13.4 Å². The van der Waals surface area contributed by atoms with Gasteiger partial charge >= 0.3 is 0 Å². The predicted octanol–water partition coefficient (Wildman–Crippen LogP) is -1.03. The number of amides is 1. The van der Waals surface area contributed by atoms with Gasteiger partial charge in [-0.15, -0.1) is 0 Å². The molecule has 2 heterocycles. The lowest BCUT2D eigenvalue weighted by atomic mass is 10.0. The highest BCUT2D eigenvalue weighted by molar-refractivity contribution is 7.88. The van der Waals surface area contributed by atoms with Crippen LogP contribution in [0.25, 0.3) is 0 Å². The average Bonchev–Trinajstić information content (AvgIpc) is 2.95. The summed E-state index contributed by atoms with van der Waals surface area (Å²) in [6, 6.07) is -0.221. The molecule has 2 rings (SSSR count). The molecule has 1 aromatic rings. The van der Waals surface area contributed by atoms with Crippen LogP contribution in [0.5, 0.6) is 0 Å². The Morgan fingerprint density at radius 1 is 1.45 bits per heavy atom. The molecule has 1 amide bonds. The number of sulfonamides is 1. The van der Waals surface area contributed by atoms with E-state index in [1.54, 1.807) is 24.0 Å². The Bertz CT molecular complexity index is 640. The summed E-state index contributed by atoms with van der Waals surface area (Å²) in [4.78, 5) is 18.3. The van der Waals surface area contributed by atoms with E-state index in [-0.39, 0.29) is 17.9 Å². The summed E-state index contributed by atoms with van der Waals surface area (Å²) in [6.45, 7) is 1.42. The van der Waals surface area contributed by atoms with Gasteiger partial charge in [0, 0.05) is 51.0 Å². The number of imidazole rings is 1. The van der Waals surface area contributed by atoms with Crippen molar-refractivity contribution in [1.29, 1.82) is 0 Å². The van der Waals surface area contributed by atoms with Crippen molar-refractivity contribution < 1.29 is 13.2 Å². The highest BCUT2D eigenvalue weighted by atomic mass is 32.2. The molecule has 1 aliphatic heterocycles. The molecule has 0 aliphatic carbocycles. The van der Waals surface area contributed by atoms with Crippen molar-refractivity contribution in [3.8, 4) is 0 Å². The van der Waals surface area contributed by atoms with Crippen molar-refractivity contribution in [3.05, 3.63) is 18.2 Å². The molecular weight excluding hydrogens is 306 g/mol. The Labute approximate surface area is 131 Å². The number of nitrogens with zero attached hydrogens (tertiary/aromatic N) is 4. The normalized spacial score (nSPS) is 23.1. The number of hydrogen-bond acceptors (Lipinski definition) is 5. The van der Waals surface area contributed by atoms with E-state index in [9.17, 15) is 13.2 Å². The fourth-order valence-corrected chi connectivity index (χ4v) is 3.63. The predicted molar refractivity (Wildman–Crippen MR) is 82.9 cm³/mol. The van der Waals surface area contributed by atoms with Gasteiger partial charge in [0.15, 0.2) is 5.82 Å². The number of carbonyl (C=O) groups excluding carboxylic acids is 1. The van der Waals surface area contributed by atoms with Crippen LogP contribution >= 0.6 is 0 Å². The monoisotopic (exact) mass is 329 g/mol. The molecule has 8 nitrogen and oxygen atoms in total. The first-order valence-electron chi connectivity index (χ1n) is 7.06. The fourth-order valence-electron chi connectivity index (χ4n) is 2.74. The van der Waals surface area contributed by atoms with Gasteiger partial charge in [-0.1, -0.05) is 0 Å². The van der Waals surface area contributed by atoms with E-state index in [4.69, 9.17) is 0 Å². The second-order valence-corrected chi connectivity index (χ2v) is 8.03. The van der Waals surface area contributed by atoms with Crippen LogP contribution in [0.3, 0.4) is 0 Å². The summed E-state index contributed by atoms with van der Waals surface area (Å²) in [5.41, 5.74) is 0. The summed E-state index contributed by atoms with van der Waals surface area (Å²) in [5.74, 6) is 0.0898. The van der Waals surface area contributed by atoms with Gasteiger partial charge in [0.25, 0.3) is 5.91 Å². The molecule has 1 N–H and O–H groups in total. The van der Waals surface area contributed by atoms with E-state index in [1.807, 2.05) is 19.0 Å². The molecule has 1 saturated heterocycles. The largest absolute Gasteiger partial charge is 0.345 e. The lowest BCUT2D eigenvalue weighted by Crippen LogP contribution is -2.44. The molecule has 22 heavy (non-hydrogen) atoms. The maximum Gasteiger partial charge on any atom is 0.287 e. The molecule has 0 saturated carbocycles. The molecule has 1 aromatic heterocycles. The quantitative estimate of drug-likeness (QED) is 0.746. The number of nitrogens with one attached hydrogen (secondary N) is 1. The zero-order valence-electron chi connectivity index (χ0n) is 13.4. The van der Waals surface area contributed by atoms with Crippen molar-refractivity contribution in [1.82, 2.24) is 24.1 Å². The lowest BCUT2D eigenvalue weighted by Gasteiger charge is -2.22. The Morgan fingerprint density at radius 3 is 2.64 bits per heavy atom. The zero-order valence-corrected chi connectivity index (χ0v) is 14.2. The van der Waals surface area contributed by atoms with Gasteiger partial charge < -0.3 is 14.8 Å². The smallest absolute Gasteiger partial charge is 0.287 e. The minimum absolute atomic E-state index is 0.0499. The van der Waals surface area contributed by atoms with Crippen LogP contribution in [-0.4, -0.2) is 79.1 Å². The summed E-state index contributed by atoms with van der Waals surface area (Å²) < 4.78 is 26.6. The topological polar surface area (TPSA) is 87.5 Å². The van der Waals surface area contributed by atoms with Gasteiger partial charge in [0.1, 0.15) is 0 Å². The van der Waals surface area contributed by atoms with Crippen LogP contribution in [0, 0.1) is 5.92 Å². The summed E-state index contributed by atoms with van der Waals surface area (Å²) in [7, 11) is 2.35. The third kappa shape index (κ3) is 3.84. The van der Waals surface area contributed by atoms with E-state index >= 15 is 0 Å². The second-order valence-electron chi connectivity index (χ2n) is 6.04. The number of aromatic nitrogens is 2. The van der Waals surface area contributed by atoms with Crippen molar-refractivity contribution >= 4 is 15.9 Å². The van der Waals surface area contributed by atoms with Gasteiger partial charge in [-0.2, -0.15) is 4.31 Å². The highest BCUT2D eigenvalue weighted by Crippen LogP contribution is 2.20. The summed E-state index contributed by atoms with van der Waals surface area (Å²) in [5, 5.41) is 2.92. The van der Waals surface area contributed by atoms with E-state index < -0.39 is 10.0 Å². The Kier molecular flexibility index (Phi) is 4.88. The van der Waals surface area contributed by atoms with Crippen molar-refractivity contribution in [2.75, 3.05) is 40.0 Å². The third-order valence-electron chi connectivity index (χ3n) is 3.82. The average molecular weight is 329 g/mol. The molecule has 124 valence electrons. The maximum absolute atomic E-state index is 12.3. The first-order chi connectivity index (χ1) is 10.2. The van der Waals surface area contributed by atoms with Crippen LogP contribution in [0.4, 0.5) is 0 Å². The van der Waals surface area contributed by atoms with Crippen LogP contribution in [-0.2, 0) is 17.1 Å². The van der Waals surface area contributed by atoms with Crippen molar-refractivity contribution in [2.24, 2.45) is 13.0 Å².